The first kappa shape index (κ1) is 12.2. The van der Waals surface area contributed by atoms with Crippen LogP contribution in [0.5, 0.6) is 0 Å². The predicted octanol–water partition coefficient (Wildman–Crippen LogP) is 1.74. The molecule has 3 nitrogen and oxygen atoms in total. The SMILES string of the molecule is CCS(=O)(=O)NCc1cc(C)ccc1C. The Labute approximate surface area is 91.6 Å². The van der Waals surface area contributed by atoms with Gasteiger partial charge in [-0.3, -0.25) is 0 Å². The van der Waals surface area contributed by atoms with E-state index in [-0.39, 0.29) is 5.75 Å². The summed E-state index contributed by atoms with van der Waals surface area (Å²) in [5, 5.41) is 0. The second-order valence-electron chi connectivity index (χ2n) is 3.65. The van der Waals surface area contributed by atoms with Gasteiger partial charge in [-0.25, -0.2) is 13.1 Å². The summed E-state index contributed by atoms with van der Waals surface area (Å²) in [6.45, 7) is 5.99. The molecule has 0 aromatic heterocycles. The standard InChI is InChI=1S/C11H17NO2S/c1-4-15(13,14)12-8-11-7-9(2)5-6-10(11)3/h5-7,12H,4,8H2,1-3H3. The molecule has 1 rings (SSSR count). The summed E-state index contributed by atoms with van der Waals surface area (Å²) in [5.74, 6) is 0.123. The van der Waals surface area contributed by atoms with Crippen LogP contribution in [-0.4, -0.2) is 14.2 Å². The fourth-order valence-corrected chi connectivity index (χ4v) is 1.86. The molecule has 0 aliphatic carbocycles. The molecule has 84 valence electrons. The number of hydrogen-bond donors (Lipinski definition) is 1. The summed E-state index contributed by atoms with van der Waals surface area (Å²) in [7, 11) is -3.10. The van der Waals surface area contributed by atoms with Crippen molar-refractivity contribution in [2.75, 3.05) is 5.75 Å². The molecule has 4 heteroatoms. The zero-order chi connectivity index (χ0) is 11.5. The van der Waals surface area contributed by atoms with Crippen molar-refractivity contribution in [3.8, 4) is 0 Å². The van der Waals surface area contributed by atoms with Crippen LogP contribution in [0.2, 0.25) is 0 Å². The molecule has 0 bridgehead atoms. The highest BCUT2D eigenvalue weighted by atomic mass is 32.2. The summed E-state index contributed by atoms with van der Waals surface area (Å²) < 4.78 is 25.1. The van der Waals surface area contributed by atoms with E-state index in [0.29, 0.717) is 6.54 Å². The van der Waals surface area contributed by atoms with E-state index in [1.807, 2.05) is 32.0 Å². The van der Waals surface area contributed by atoms with E-state index in [2.05, 4.69) is 4.72 Å². The van der Waals surface area contributed by atoms with Crippen molar-refractivity contribution >= 4 is 10.0 Å². The smallest absolute Gasteiger partial charge is 0.211 e. The van der Waals surface area contributed by atoms with Crippen molar-refractivity contribution in [2.45, 2.75) is 27.3 Å². The number of sulfonamides is 1. The van der Waals surface area contributed by atoms with Gasteiger partial charge in [-0.05, 0) is 31.9 Å². The summed E-state index contributed by atoms with van der Waals surface area (Å²) >= 11 is 0. The molecule has 0 aliphatic heterocycles. The number of nitrogens with one attached hydrogen (secondary N) is 1. The molecule has 0 heterocycles. The van der Waals surface area contributed by atoms with E-state index in [0.717, 1.165) is 16.7 Å². The first-order valence-corrected chi connectivity index (χ1v) is 6.63. The van der Waals surface area contributed by atoms with Crippen molar-refractivity contribution < 1.29 is 8.42 Å². The number of benzene rings is 1. The average Bonchev–Trinajstić information content (AvgIpc) is 2.20. The van der Waals surface area contributed by atoms with E-state index in [4.69, 9.17) is 0 Å². The number of aryl methyl sites for hydroxylation is 2. The molecule has 1 aromatic carbocycles. The van der Waals surface area contributed by atoms with Gasteiger partial charge in [-0.1, -0.05) is 23.8 Å². The molecule has 0 atom stereocenters. The third-order valence-electron chi connectivity index (χ3n) is 2.37. The Balaban J connectivity index is 2.78. The fraction of sp³-hybridized carbons (Fsp3) is 0.455. The van der Waals surface area contributed by atoms with Gasteiger partial charge in [0, 0.05) is 6.54 Å². The minimum Gasteiger partial charge on any atom is -0.212 e. The zero-order valence-electron chi connectivity index (χ0n) is 9.37. The number of hydrogen-bond acceptors (Lipinski definition) is 2. The lowest BCUT2D eigenvalue weighted by molar-refractivity contribution is 0.582. The Morgan fingerprint density at radius 1 is 1.27 bits per heavy atom. The van der Waals surface area contributed by atoms with Gasteiger partial charge in [0.15, 0.2) is 0 Å². The van der Waals surface area contributed by atoms with Crippen LogP contribution in [0.3, 0.4) is 0 Å². The molecule has 0 saturated carbocycles. The fourth-order valence-electron chi connectivity index (χ4n) is 1.28. The minimum absolute atomic E-state index is 0.123. The van der Waals surface area contributed by atoms with Gasteiger partial charge in [0.1, 0.15) is 0 Å². The van der Waals surface area contributed by atoms with Crippen LogP contribution >= 0.6 is 0 Å². The van der Waals surface area contributed by atoms with E-state index in [1.165, 1.54) is 0 Å². The van der Waals surface area contributed by atoms with Gasteiger partial charge >= 0.3 is 0 Å². The molecular formula is C11H17NO2S. The van der Waals surface area contributed by atoms with Gasteiger partial charge in [0.25, 0.3) is 0 Å². The topological polar surface area (TPSA) is 46.2 Å². The lowest BCUT2D eigenvalue weighted by atomic mass is 10.1. The Kier molecular flexibility index (Phi) is 3.88. The minimum atomic E-state index is -3.10. The molecule has 0 saturated heterocycles. The van der Waals surface area contributed by atoms with Crippen LogP contribution in [0.25, 0.3) is 0 Å². The van der Waals surface area contributed by atoms with Crippen molar-refractivity contribution in [3.63, 3.8) is 0 Å². The zero-order valence-corrected chi connectivity index (χ0v) is 10.2. The normalized spacial score (nSPS) is 11.7. The summed E-state index contributed by atoms with van der Waals surface area (Å²) in [6.07, 6.45) is 0. The quantitative estimate of drug-likeness (QED) is 0.851. The Morgan fingerprint density at radius 2 is 1.93 bits per heavy atom. The van der Waals surface area contributed by atoms with E-state index in [1.54, 1.807) is 6.92 Å². The van der Waals surface area contributed by atoms with Crippen molar-refractivity contribution in [2.24, 2.45) is 0 Å². The van der Waals surface area contributed by atoms with E-state index in [9.17, 15) is 8.42 Å². The molecule has 0 unspecified atom stereocenters. The highest BCUT2D eigenvalue weighted by Crippen LogP contribution is 2.10. The van der Waals surface area contributed by atoms with Gasteiger partial charge < -0.3 is 0 Å². The molecule has 0 radical (unpaired) electrons. The second-order valence-corrected chi connectivity index (χ2v) is 5.75. The molecule has 0 aliphatic rings. The maximum atomic E-state index is 11.3. The van der Waals surface area contributed by atoms with Crippen LogP contribution in [0.15, 0.2) is 18.2 Å². The van der Waals surface area contributed by atoms with Crippen LogP contribution in [0.1, 0.15) is 23.6 Å². The van der Waals surface area contributed by atoms with Crippen molar-refractivity contribution in [1.82, 2.24) is 4.72 Å². The van der Waals surface area contributed by atoms with Gasteiger partial charge in [-0.2, -0.15) is 0 Å². The molecule has 15 heavy (non-hydrogen) atoms. The van der Waals surface area contributed by atoms with Crippen molar-refractivity contribution in [1.29, 1.82) is 0 Å². The number of rotatable bonds is 4. The highest BCUT2D eigenvalue weighted by molar-refractivity contribution is 7.89. The molecule has 1 N–H and O–H groups in total. The highest BCUT2D eigenvalue weighted by Gasteiger charge is 2.06. The lowest BCUT2D eigenvalue weighted by Crippen LogP contribution is -2.25. The molecule has 0 fully saturated rings. The van der Waals surface area contributed by atoms with E-state index >= 15 is 0 Å². The van der Waals surface area contributed by atoms with Gasteiger partial charge in [0.2, 0.25) is 10.0 Å². The Bertz CT molecular complexity index is 438. The maximum Gasteiger partial charge on any atom is 0.211 e. The second kappa shape index (κ2) is 4.77. The summed E-state index contributed by atoms with van der Waals surface area (Å²) in [6, 6.07) is 6.03. The predicted molar refractivity (Wildman–Crippen MR) is 62.2 cm³/mol. The largest absolute Gasteiger partial charge is 0.212 e. The third-order valence-corrected chi connectivity index (χ3v) is 3.71. The van der Waals surface area contributed by atoms with Crippen LogP contribution in [0.4, 0.5) is 0 Å². The van der Waals surface area contributed by atoms with Crippen LogP contribution in [-0.2, 0) is 16.6 Å². The first-order chi connectivity index (χ1) is 6.94. The third kappa shape index (κ3) is 3.64. The van der Waals surface area contributed by atoms with Crippen LogP contribution < -0.4 is 4.72 Å². The monoisotopic (exact) mass is 227 g/mol. The van der Waals surface area contributed by atoms with Gasteiger partial charge in [0.05, 0.1) is 5.75 Å². The summed E-state index contributed by atoms with van der Waals surface area (Å²) in [5.41, 5.74) is 3.29. The van der Waals surface area contributed by atoms with Gasteiger partial charge in [-0.15, -0.1) is 0 Å². The van der Waals surface area contributed by atoms with Crippen molar-refractivity contribution in [3.05, 3.63) is 34.9 Å². The molecule has 0 amide bonds. The average molecular weight is 227 g/mol. The Hall–Kier alpha value is -0.870. The molecular weight excluding hydrogens is 210 g/mol. The maximum absolute atomic E-state index is 11.3. The van der Waals surface area contributed by atoms with E-state index < -0.39 is 10.0 Å². The lowest BCUT2D eigenvalue weighted by Gasteiger charge is -2.08. The van der Waals surface area contributed by atoms with Crippen LogP contribution in [0, 0.1) is 13.8 Å². The molecule has 1 aromatic rings. The molecule has 0 spiro atoms. The summed E-state index contributed by atoms with van der Waals surface area (Å²) in [4.78, 5) is 0. The Morgan fingerprint density at radius 3 is 2.53 bits per heavy atom. The first-order valence-electron chi connectivity index (χ1n) is 4.98.